The number of fused-ring (bicyclic) bond motifs is 2. The summed E-state index contributed by atoms with van der Waals surface area (Å²) in [6, 6.07) is 8.67. The van der Waals surface area contributed by atoms with Gasteiger partial charge in [0.25, 0.3) is 0 Å². The third-order valence-corrected chi connectivity index (χ3v) is 6.36. The lowest BCUT2D eigenvalue weighted by molar-refractivity contribution is -0.167. The zero-order valence-electron chi connectivity index (χ0n) is 15.4. The van der Waals surface area contributed by atoms with Gasteiger partial charge in [0.2, 0.25) is 5.91 Å². The number of carbonyl (C=O) groups is 1. The molecule has 2 aliphatic rings. The molecule has 1 aromatic carbocycles. The third-order valence-electron chi connectivity index (χ3n) is 6.36. The number of nitrogens with zero attached hydrogens (tertiary/aromatic N) is 1. The minimum Gasteiger partial charge on any atom is -0.377 e. The summed E-state index contributed by atoms with van der Waals surface area (Å²) in [5.41, 5.74) is 2.55. The van der Waals surface area contributed by atoms with Crippen molar-refractivity contribution in [1.82, 2.24) is 9.88 Å². The molecule has 2 heterocycles. The van der Waals surface area contributed by atoms with Crippen molar-refractivity contribution in [2.45, 2.75) is 51.7 Å². The Kier molecular flexibility index (Phi) is 4.11. The second-order valence-corrected chi connectivity index (χ2v) is 8.23. The van der Waals surface area contributed by atoms with E-state index in [2.05, 4.69) is 43.2 Å². The molecule has 1 aromatic heterocycles. The summed E-state index contributed by atoms with van der Waals surface area (Å²) in [6.45, 7) is 5.32. The van der Waals surface area contributed by atoms with Gasteiger partial charge in [0.05, 0.1) is 6.10 Å². The van der Waals surface area contributed by atoms with Crippen LogP contribution in [0.3, 0.4) is 0 Å². The molecule has 1 N–H and O–H groups in total. The van der Waals surface area contributed by atoms with Crippen molar-refractivity contribution in [1.29, 1.82) is 0 Å². The number of aromatic nitrogens is 1. The van der Waals surface area contributed by atoms with E-state index in [9.17, 15) is 4.79 Å². The standard InChI is InChI=1S/C21H28N2O2/c1-21(2)19(16-11-12-25-20(16)21)23(3)18(24)10-6-7-14-13-22-17-9-5-4-8-15(14)17/h4-5,8-9,13,16,19-20,22H,6-7,10-12H2,1-3H3/t16-,19+,20-/m0/s1. The quantitative estimate of drug-likeness (QED) is 0.901. The van der Waals surface area contributed by atoms with Crippen molar-refractivity contribution in [3.05, 3.63) is 36.0 Å². The lowest BCUT2D eigenvalue weighted by atomic mass is 9.57. The monoisotopic (exact) mass is 340 g/mol. The highest BCUT2D eigenvalue weighted by atomic mass is 16.5. The second kappa shape index (κ2) is 6.17. The molecule has 4 nitrogen and oxygen atoms in total. The van der Waals surface area contributed by atoms with Crippen LogP contribution in [0.5, 0.6) is 0 Å². The summed E-state index contributed by atoms with van der Waals surface area (Å²) in [7, 11) is 1.98. The predicted molar refractivity (Wildman–Crippen MR) is 99.4 cm³/mol. The van der Waals surface area contributed by atoms with Crippen molar-refractivity contribution >= 4 is 16.8 Å². The maximum atomic E-state index is 12.7. The average molecular weight is 340 g/mol. The Morgan fingerprint density at radius 1 is 1.36 bits per heavy atom. The van der Waals surface area contributed by atoms with E-state index < -0.39 is 0 Å². The number of benzene rings is 1. The van der Waals surface area contributed by atoms with E-state index in [4.69, 9.17) is 4.74 Å². The van der Waals surface area contributed by atoms with E-state index in [1.807, 2.05) is 18.0 Å². The first-order valence-electron chi connectivity index (χ1n) is 9.42. The van der Waals surface area contributed by atoms with Gasteiger partial charge < -0.3 is 14.6 Å². The highest BCUT2D eigenvalue weighted by molar-refractivity contribution is 5.83. The maximum Gasteiger partial charge on any atom is 0.222 e. The largest absolute Gasteiger partial charge is 0.377 e. The number of aromatic amines is 1. The molecule has 2 fully saturated rings. The zero-order valence-corrected chi connectivity index (χ0v) is 15.4. The smallest absolute Gasteiger partial charge is 0.222 e. The highest BCUT2D eigenvalue weighted by Crippen LogP contribution is 2.54. The summed E-state index contributed by atoms with van der Waals surface area (Å²) in [5.74, 6) is 0.792. The van der Waals surface area contributed by atoms with Crippen LogP contribution in [0, 0.1) is 11.3 Å². The van der Waals surface area contributed by atoms with Crippen molar-refractivity contribution in [2.24, 2.45) is 11.3 Å². The van der Waals surface area contributed by atoms with Crippen molar-refractivity contribution in [2.75, 3.05) is 13.7 Å². The summed E-state index contributed by atoms with van der Waals surface area (Å²) >= 11 is 0. The Morgan fingerprint density at radius 2 is 2.16 bits per heavy atom. The number of aryl methyl sites for hydroxylation is 1. The summed E-state index contributed by atoms with van der Waals surface area (Å²) < 4.78 is 5.86. The average Bonchev–Trinajstić information content (AvgIpc) is 3.20. The van der Waals surface area contributed by atoms with Crippen LogP contribution in [-0.4, -0.2) is 41.6 Å². The van der Waals surface area contributed by atoms with Crippen LogP contribution in [0.1, 0.15) is 38.7 Å². The van der Waals surface area contributed by atoms with Gasteiger partial charge in [0, 0.05) is 54.5 Å². The summed E-state index contributed by atoms with van der Waals surface area (Å²) in [5, 5.41) is 1.27. The first-order valence-corrected chi connectivity index (χ1v) is 9.42. The van der Waals surface area contributed by atoms with Crippen LogP contribution < -0.4 is 0 Å². The first kappa shape index (κ1) is 16.6. The number of rotatable bonds is 5. The van der Waals surface area contributed by atoms with Crippen LogP contribution in [0.25, 0.3) is 10.9 Å². The van der Waals surface area contributed by atoms with Gasteiger partial charge in [-0.1, -0.05) is 32.0 Å². The lowest BCUT2D eigenvalue weighted by Gasteiger charge is -2.57. The van der Waals surface area contributed by atoms with Crippen LogP contribution in [0.2, 0.25) is 0 Å². The lowest BCUT2D eigenvalue weighted by Crippen LogP contribution is -2.66. The SMILES string of the molecule is CN(C(=O)CCCc1c[nH]c2ccccc12)[C@@H]1[C@@H]2CCO[C@@H]2C1(C)C. The van der Waals surface area contributed by atoms with E-state index in [1.165, 1.54) is 16.5 Å². The Morgan fingerprint density at radius 3 is 3.00 bits per heavy atom. The van der Waals surface area contributed by atoms with Crippen molar-refractivity contribution in [3.8, 4) is 0 Å². The molecule has 4 heteroatoms. The van der Waals surface area contributed by atoms with E-state index in [0.29, 0.717) is 24.5 Å². The van der Waals surface area contributed by atoms with Gasteiger partial charge in [0.1, 0.15) is 0 Å². The molecule has 2 aromatic rings. The summed E-state index contributed by atoms with van der Waals surface area (Å²) in [6.07, 6.45) is 5.94. The third kappa shape index (κ3) is 2.67. The fourth-order valence-corrected chi connectivity index (χ4v) is 5.18. The molecule has 1 saturated carbocycles. The van der Waals surface area contributed by atoms with Gasteiger partial charge >= 0.3 is 0 Å². The van der Waals surface area contributed by atoms with Gasteiger partial charge in [-0.2, -0.15) is 0 Å². The Hall–Kier alpha value is -1.81. The van der Waals surface area contributed by atoms with Crippen LogP contribution >= 0.6 is 0 Å². The van der Waals surface area contributed by atoms with Gasteiger partial charge in [-0.05, 0) is 30.9 Å². The Bertz CT molecular complexity index is 779. The molecule has 1 amide bonds. The molecule has 0 unspecified atom stereocenters. The molecule has 0 bridgehead atoms. The van der Waals surface area contributed by atoms with E-state index >= 15 is 0 Å². The molecule has 0 spiro atoms. The number of carbonyl (C=O) groups excluding carboxylic acids is 1. The van der Waals surface area contributed by atoms with Gasteiger partial charge in [0.15, 0.2) is 0 Å². The van der Waals surface area contributed by atoms with Crippen molar-refractivity contribution in [3.63, 3.8) is 0 Å². The van der Waals surface area contributed by atoms with Crippen LogP contribution in [0.15, 0.2) is 30.5 Å². The number of nitrogens with one attached hydrogen (secondary N) is 1. The van der Waals surface area contributed by atoms with E-state index in [1.54, 1.807) is 0 Å². The summed E-state index contributed by atoms with van der Waals surface area (Å²) in [4.78, 5) is 18.0. The molecule has 1 aliphatic heterocycles. The number of hydrogen-bond acceptors (Lipinski definition) is 2. The molecule has 134 valence electrons. The van der Waals surface area contributed by atoms with Crippen LogP contribution in [0.4, 0.5) is 0 Å². The van der Waals surface area contributed by atoms with Gasteiger partial charge in [-0.15, -0.1) is 0 Å². The number of H-pyrrole nitrogens is 1. The fourth-order valence-electron chi connectivity index (χ4n) is 5.18. The second-order valence-electron chi connectivity index (χ2n) is 8.23. The maximum absolute atomic E-state index is 12.7. The number of para-hydroxylation sites is 1. The number of hydrogen-bond donors (Lipinski definition) is 1. The predicted octanol–water partition coefficient (Wildman–Crippen LogP) is 3.76. The molecule has 1 aliphatic carbocycles. The molecule has 1 saturated heterocycles. The molecule has 3 atom stereocenters. The molecule has 4 rings (SSSR count). The van der Waals surface area contributed by atoms with Crippen molar-refractivity contribution < 1.29 is 9.53 Å². The molecule has 25 heavy (non-hydrogen) atoms. The number of ether oxygens (including phenoxy) is 1. The minimum atomic E-state index is 0.0718. The Balaban J connectivity index is 1.34. The van der Waals surface area contributed by atoms with Gasteiger partial charge in [-0.3, -0.25) is 4.79 Å². The molecular formula is C21H28N2O2. The van der Waals surface area contributed by atoms with E-state index in [0.717, 1.165) is 25.9 Å². The highest BCUT2D eigenvalue weighted by Gasteiger charge is 2.61. The normalized spacial score (nSPS) is 27.1. The zero-order chi connectivity index (χ0) is 17.6. The molecular weight excluding hydrogens is 312 g/mol. The van der Waals surface area contributed by atoms with E-state index in [-0.39, 0.29) is 11.3 Å². The first-order chi connectivity index (χ1) is 12.0. The fraction of sp³-hybridized carbons (Fsp3) is 0.571. The Labute approximate surface area is 149 Å². The number of amides is 1. The molecule has 0 radical (unpaired) electrons. The topological polar surface area (TPSA) is 45.3 Å². The minimum absolute atomic E-state index is 0.0718. The van der Waals surface area contributed by atoms with Gasteiger partial charge in [-0.25, -0.2) is 0 Å². The van der Waals surface area contributed by atoms with Crippen LogP contribution in [-0.2, 0) is 16.0 Å².